The van der Waals surface area contributed by atoms with Crippen molar-refractivity contribution in [3.8, 4) is 0 Å². The highest BCUT2D eigenvalue weighted by Gasteiger charge is 2.14. The number of likely N-dealkylation sites (N-methyl/N-ethyl adjacent to an activating group) is 1. The Morgan fingerprint density at radius 1 is 1.15 bits per heavy atom. The first kappa shape index (κ1) is 14.5. The molecule has 2 N–H and O–H groups in total. The van der Waals surface area contributed by atoms with Crippen molar-refractivity contribution in [2.75, 3.05) is 18.5 Å². The van der Waals surface area contributed by atoms with Gasteiger partial charge in [-0.3, -0.25) is 0 Å². The van der Waals surface area contributed by atoms with Crippen LogP contribution in [0.4, 0.5) is 10.1 Å². The standard InChI is InChI=1S/C16H17FN2S/c1-19(11-10-12-6-3-2-4-7-12)14-9-5-8-13(17)15(14)16(18)20/h2-9H,10-11H2,1H3,(H2,18,20). The molecule has 0 aliphatic rings. The van der Waals surface area contributed by atoms with Gasteiger partial charge in [-0.2, -0.15) is 0 Å². The Bertz CT molecular complexity index is 599. The summed E-state index contributed by atoms with van der Waals surface area (Å²) in [6.07, 6.45) is 0.880. The second kappa shape index (κ2) is 6.48. The largest absolute Gasteiger partial charge is 0.389 e. The van der Waals surface area contributed by atoms with Gasteiger partial charge in [-0.1, -0.05) is 48.6 Å². The minimum atomic E-state index is -0.374. The molecule has 0 atom stereocenters. The maximum Gasteiger partial charge on any atom is 0.135 e. The average Bonchev–Trinajstić information content (AvgIpc) is 2.45. The van der Waals surface area contributed by atoms with Gasteiger partial charge in [0, 0.05) is 19.3 Å². The topological polar surface area (TPSA) is 29.3 Å². The summed E-state index contributed by atoms with van der Waals surface area (Å²) in [6.45, 7) is 0.767. The van der Waals surface area contributed by atoms with E-state index in [-0.39, 0.29) is 10.8 Å². The van der Waals surface area contributed by atoms with E-state index in [0.29, 0.717) is 5.56 Å². The van der Waals surface area contributed by atoms with E-state index >= 15 is 0 Å². The number of hydrogen-bond donors (Lipinski definition) is 1. The normalized spacial score (nSPS) is 10.3. The van der Waals surface area contributed by atoms with Crippen LogP contribution in [0.15, 0.2) is 48.5 Å². The molecule has 2 aromatic carbocycles. The van der Waals surface area contributed by atoms with Crippen molar-refractivity contribution < 1.29 is 4.39 Å². The molecule has 0 amide bonds. The molecule has 0 radical (unpaired) electrons. The third-order valence-corrected chi connectivity index (χ3v) is 3.43. The van der Waals surface area contributed by atoms with Gasteiger partial charge in [-0.15, -0.1) is 0 Å². The molecular weight excluding hydrogens is 271 g/mol. The molecule has 0 aromatic heterocycles. The highest BCUT2D eigenvalue weighted by molar-refractivity contribution is 7.80. The van der Waals surface area contributed by atoms with Gasteiger partial charge >= 0.3 is 0 Å². The van der Waals surface area contributed by atoms with E-state index in [1.165, 1.54) is 11.6 Å². The van der Waals surface area contributed by atoms with Crippen molar-refractivity contribution in [1.29, 1.82) is 0 Å². The molecule has 0 bridgehead atoms. The van der Waals surface area contributed by atoms with Crippen LogP contribution >= 0.6 is 12.2 Å². The molecule has 0 saturated carbocycles. The van der Waals surface area contributed by atoms with Crippen LogP contribution in [0.5, 0.6) is 0 Å². The highest BCUT2D eigenvalue weighted by atomic mass is 32.1. The first-order valence-corrected chi connectivity index (χ1v) is 6.84. The predicted octanol–water partition coefficient (Wildman–Crippen LogP) is 3.14. The SMILES string of the molecule is CN(CCc1ccccc1)c1cccc(F)c1C(N)=S. The predicted molar refractivity (Wildman–Crippen MR) is 85.7 cm³/mol. The summed E-state index contributed by atoms with van der Waals surface area (Å²) in [6, 6.07) is 15.1. The summed E-state index contributed by atoms with van der Waals surface area (Å²) in [4.78, 5) is 2.06. The van der Waals surface area contributed by atoms with E-state index < -0.39 is 0 Å². The molecule has 2 rings (SSSR count). The first-order valence-electron chi connectivity index (χ1n) is 6.43. The molecule has 4 heteroatoms. The molecule has 0 unspecified atom stereocenters. The lowest BCUT2D eigenvalue weighted by Crippen LogP contribution is -2.25. The van der Waals surface area contributed by atoms with E-state index in [1.54, 1.807) is 6.07 Å². The molecule has 0 aliphatic heterocycles. The summed E-state index contributed by atoms with van der Waals surface area (Å²) in [5, 5.41) is 0. The summed E-state index contributed by atoms with van der Waals surface area (Å²) in [5.74, 6) is -0.374. The van der Waals surface area contributed by atoms with E-state index in [9.17, 15) is 4.39 Å². The Balaban J connectivity index is 2.15. The van der Waals surface area contributed by atoms with Crippen LogP contribution in [0.3, 0.4) is 0 Å². The van der Waals surface area contributed by atoms with E-state index in [4.69, 9.17) is 18.0 Å². The van der Waals surface area contributed by atoms with Crippen LogP contribution in [-0.4, -0.2) is 18.6 Å². The van der Waals surface area contributed by atoms with Crippen molar-refractivity contribution in [3.63, 3.8) is 0 Å². The fraction of sp³-hybridized carbons (Fsp3) is 0.188. The zero-order valence-corrected chi connectivity index (χ0v) is 12.2. The maximum atomic E-state index is 13.8. The van der Waals surface area contributed by atoms with Gasteiger partial charge in [0.1, 0.15) is 10.8 Å². The first-order chi connectivity index (χ1) is 9.59. The van der Waals surface area contributed by atoms with Gasteiger partial charge in [-0.05, 0) is 24.1 Å². The van der Waals surface area contributed by atoms with Crippen LogP contribution in [-0.2, 0) is 6.42 Å². The lowest BCUT2D eigenvalue weighted by atomic mass is 10.1. The molecule has 0 heterocycles. The second-order valence-corrected chi connectivity index (χ2v) is 5.10. The van der Waals surface area contributed by atoms with Crippen LogP contribution in [0.25, 0.3) is 0 Å². The number of hydrogen-bond acceptors (Lipinski definition) is 2. The molecule has 0 spiro atoms. The monoisotopic (exact) mass is 288 g/mol. The fourth-order valence-electron chi connectivity index (χ4n) is 2.14. The van der Waals surface area contributed by atoms with Crippen molar-refractivity contribution in [1.82, 2.24) is 0 Å². The third kappa shape index (κ3) is 3.33. The van der Waals surface area contributed by atoms with Gasteiger partial charge in [-0.25, -0.2) is 4.39 Å². The number of benzene rings is 2. The Kier molecular flexibility index (Phi) is 4.69. The molecule has 20 heavy (non-hydrogen) atoms. The number of rotatable bonds is 5. The number of anilines is 1. The van der Waals surface area contributed by atoms with E-state index in [2.05, 4.69) is 12.1 Å². The molecule has 2 aromatic rings. The number of nitrogens with two attached hydrogens (primary N) is 1. The van der Waals surface area contributed by atoms with Crippen LogP contribution in [0, 0.1) is 5.82 Å². The van der Waals surface area contributed by atoms with Crippen LogP contribution in [0.1, 0.15) is 11.1 Å². The quantitative estimate of drug-likeness (QED) is 0.857. The molecule has 0 fully saturated rings. The van der Waals surface area contributed by atoms with Gasteiger partial charge in [0.25, 0.3) is 0 Å². The van der Waals surface area contributed by atoms with Crippen LogP contribution < -0.4 is 10.6 Å². The Morgan fingerprint density at radius 3 is 2.50 bits per heavy atom. The fourth-order valence-corrected chi connectivity index (χ4v) is 2.34. The minimum absolute atomic E-state index is 0.0876. The number of halogens is 1. The number of nitrogens with zero attached hydrogens (tertiary/aromatic N) is 1. The second-order valence-electron chi connectivity index (χ2n) is 4.66. The average molecular weight is 288 g/mol. The Morgan fingerprint density at radius 2 is 1.85 bits per heavy atom. The Hall–Kier alpha value is -1.94. The smallest absolute Gasteiger partial charge is 0.135 e. The number of thiocarbonyl (C=S) groups is 1. The van der Waals surface area contributed by atoms with Crippen molar-refractivity contribution in [2.24, 2.45) is 5.73 Å². The van der Waals surface area contributed by atoms with Gasteiger partial charge in [0.15, 0.2) is 0 Å². The molecule has 0 saturated heterocycles. The molecule has 2 nitrogen and oxygen atoms in total. The van der Waals surface area contributed by atoms with Gasteiger partial charge in [0.2, 0.25) is 0 Å². The lowest BCUT2D eigenvalue weighted by Gasteiger charge is -2.22. The van der Waals surface area contributed by atoms with Gasteiger partial charge in [0.05, 0.1) is 5.56 Å². The van der Waals surface area contributed by atoms with Crippen molar-refractivity contribution >= 4 is 22.9 Å². The minimum Gasteiger partial charge on any atom is -0.389 e. The van der Waals surface area contributed by atoms with E-state index in [1.807, 2.05) is 36.2 Å². The zero-order valence-electron chi connectivity index (χ0n) is 11.3. The van der Waals surface area contributed by atoms with Gasteiger partial charge < -0.3 is 10.6 Å². The Labute approximate surface area is 124 Å². The van der Waals surface area contributed by atoms with Crippen LogP contribution in [0.2, 0.25) is 0 Å². The summed E-state index contributed by atoms with van der Waals surface area (Å²) >= 11 is 4.95. The molecule has 104 valence electrons. The maximum absolute atomic E-state index is 13.8. The lowest BCUT2D eigenvalue weighted by molar-refractivity contribution is 0.624. The van der Waals surface area contributed by atoms with Crippen molar-refractivity contribution in [2.45, 2.75) is 6.42 Å². The molecular formula is C16H17FN2S. The highest BCUT2D eigenvalue weighted by Crippen LogP contribution is 2.22. The summed E-state index contributed by atoms with van der Waals surface area (Å²) in [7, 11) is 1.92. The summed E-state index contributed by atoms with van der Waals surface area (Å²) < 4.78 is 13.8. The molecule has 0 aliphatic carbocycles. The summed E-state index contributed by atoms with van der Waals surface area (Å²) in [5.41, 5.74) is 7.92. The zero-order chi connectivity index (χ0) is 14.5. The van der Waals surface area contributed by atoms with E-state index in [0.717, 1.165) is 18.7 Å². The van der Waals surface area contributed by atoms with Crippen molar-refractivity contribution in [3.05, 3.63) is 65.5 Å². The third-order valence-electron chi connectivity index (χ3n) is 3.23.